The zero-order valence-corrected chi connectivity index (χ0v) is 10.1. The molecule has 1 atom stereocenters. The van der Waals surface area contributed by atoms with Gasteiger partial charge in [-0.1, -0.05) is 0 Å². The number of nitrogens with zero attached hydrogens (tertiary/aromatic N) is 1. The molecule has 0 saturated carbocycles. The zero-order chi connectivity index (χ0) is 14.2. The maximum atomic E-state index is 11.2. The molecule has 0 radical (unpaired) electrons. The highest BCUT2D eigenvalue weighted by molar-refractivity contribution is 5.69. The average Bonchev–Trinajstić information content (AvgIpc) is 2.31. The third-order valence-corrected chi connectivity index (χ3v) is 2.35. The fourth-order valence-electron chi connectivity index (χ4n) is 1.01. The molecule has 0 aromatic heterocycles. The maximum absolute atomic E-state index is 11.2. The van der Waals surface area contributed by atoms with Gasteiger partial charge < -0.3 is 14.9 Å². The first-order chi connectivity index (χ1) is 8.31. The molecule has 0 aromatic rings. The van der Waals surface area contributed by atoms with Crippen LogP contribution in [0.25, 0.3) is 0 Å². The van der Waals surface area contributed by atoms with Gasteiger partial charge in [-0.05, 0) is 12.8 Å². The first-order valence-corrected chi connectivity index (χ1v) is 5.44. The lowest BCUT2D eigenvalue weighted by molar-refractivity contribution is -0.571. The molecule has 0 aliphatic heterocycles. The Bertz CT molecular complexity index is 317. The Kier molecular flexibility index (Phi) is 6.88. The Hall–Kier alpha value is -1.70. The summed E-state index contributed by atoms with van der Waals surface area (Å²) in [6.07, 6.45) is 0.666. The van der Waals surface area contributed by atoms with Gasteiger partial charge in [-0.25, -0.2) is 0 Å². The fourth-order valence-corrected chi connectivity index (χ4v) is 1.01. The van der Waals surface area contributed by atoms with E-state index in [1.807, 2.05) is 0 Å². The fraction of sp³-hybridized carbons (Fsp3) is 0.800. The first-order valence-electron chi connectivity index (χ1n) is 5.44. The highest BCUT2D eigenvalue weighted by atomic mass is 16.6. The molecule has 0 fully saturated rings. The van der Waals surface area contributed by atoms with Crippen LogP contribution in [-0.4, -0.2) is 45.8 Å². The molecule has 8 heteroatoms. The number of carboxylic acid groups (broad SMARTS) is 1. The van der Waals surface area contributed by atoms with Crippen molar-refractivity contribution in [3.8, 4) is 0 Å². The molecular weight excluding hydrogens is 246 g/mol. The van der Waals surface area contributed by atoms with Crippen LogP contribution in [0.2, 0.25) is 0 Å². The number of aliphatic hydroxyl groups is 1. The van der Waals surface area contributed by atoms with Gasteiger partial charge >= 0.3 is 11.9 Å². The van der Waals surface area contributed by atoms with Gasteiger partial charge in [0.05, 0.1) is 0 Å². The Morgan fingerprint density at radius 3 is 2.33 bits per heavy atom. The number of carboxylic acids is 1. The van der Waals surface area contributed by atoms with Gasteiger partial charge in [0.25, 0.3) is 5.54 Å². The number of aliphatic hydroxyl groups excluding tert-OH is 1. The number of nitro groups is 1. The van der Waals surface area contributed by atoms with Crippen LogP contribution in [-0.2, 0) is 14.3 Å². The van der Waals surface area contributed by atoms with Crippen molar-refractivity contribution in [3.05, 3.63) is 10.1 Å². The van der Waals surface area contributed by atoms with E-state index in [9.17, 15) is 19.7 Å². The van der Waals surface area contributed by atoms with Gasteiger partial charge in [0.1, 0.15) is 6.61 Å². The van der Waals surface area contributed by atoms with Gasteiger partial charge in [0.2, 0.25) is 0 Å². The predicted octanol–water partition coefficient (Wildman–Crippen LogP) is 0.202. The van der Waals surface area contributed by atoms with Crippen molar-refractivity contribution in [2.75, 3.05) is 13.2 Å². The number of carbonyl (C=O) groups is 2. The van der Waals surface area contributed by atoms with Gasteiger partial charge in [0.15, 0.2) is 6.61 Å². The smallest absolute Gasteiger partial charge is 0.306 e. The number of rotatable bonds is 9. The number of hydrogen-bond acceptors (Lipinski definition) is 6. The monoisotopic (exact) mass is 263 g/mol. The third kappa shape index (κ3) is 6.14. The molecule has 18 heavy (non-hydrogen) atoms. The molecular formula is C10H17NO7. The summed E-state index contributed by atoms with van der Waals surface area (Å²) < 4.78 is 4.68. The molecule has 0 heterocycles. The number of aliphatic carboxylic acids is 1. The minimum absolute atomic E-state index is 0.00645. The van der Waals surface area contributed by atoms with E-state index < -0.39 is 35.6 Å². The SMILES string of the molecule is CC(CO)(COC(=O)CCCCC(=O)O)[N+](=O)[O-]. The molecule has 0 aliphatic carbocycles. The first kappa shape index (κ1) is 16.3. The number of esters is 1. The van der Waals surface area contributed by atoms with Gasteiger partial charge in [-0.2, -0.15) is 0 Å². The van der Waals surface area contributed by atoms with Gasteiger partial charge in [-0.15, -0.1) is 0 Å². The van der Waals surface area contributed by atoms with E-state index in [0.717, 1.165) is 0 Å². The lowest BCUT2D eigenvalue weighted by Gasteiger charge is -2.17. The lowest BCUT2D eigenvalue weighted by atomic mass is 10.1. The van der Waals surface area contributed by atoms with Crippen LogP contribution in [0.15, 0.2) is 0 Å². The van der Waals surface area contributed by atoms with E-state index in [4.69, 9.17) is 10.2 Å². The molecule has 0 amide bonds. The van der Waals surface area contributed by atoms with E-state index in [1.165, 1.54) is 6.92 Å². The van der Waals surface area contributed by atoms with Crippen LogP contribution < -0.4 is 0 Å². The van der Waals surface area contributed by atoms with E-state index >= 15 is 0 Å². The average molecular weight is 263 g/mol. The second-order valence-corrected chi connectivity index (χ2v) is 4.17. The molecule has 8 nitrogen and oxygen atoms in total. The molecule has 104 valence electrons. The molecule has 0 aliphatic rings. The van der Waals surface area contributed by atoms with E-state index in [-0.39, 0.29) is 12.8 Å². The molecule has 0 saturated heterocycles. The van der Waals surface area contributed by atoms with Crippen molar-refractivity contribution in [3.63, 3.8) is 0 Å². The Labute approximate surface area is 104 Å². The summed E-state index contributed by atoms with van der Waals surface area (Å²) in [5.74, 6) is -1.58. The van der Waals surface area contributed by atoms with Crippen molar-refractivity contribution < 1.29 is 29.5 Å². The molecule has 0 aromatic carbocycles. The summed E-state index contributed by atoms with van der Waals surface area (Å²) in [6, 6.07) is 0. The Balaban J connectivity index is 3.89. The van der Waals surface area contributed by atoms with Crippen molar-refractivity contribution >= 4 is 11.9 Å². The molecule has 2 N–H and O–H groups in total. The van der Waals surface area contributed by atoms with Crippen LogP contribution in [0.3, 0.4) is 0 Å². The van der Waals surface area contributed by atoms with Crippen molar-refractivity contribution in [2.45, 2.75) is 38.1 Å². The van der Waals surface area contributed by atoms with Crippen LogP contribution in [0.1, 0.15) is 32.6 Å². The maximum Gasteiger partial charge on any atom is 0.306 e. The van der Waals surface area contributed by atoms with Crippen LogP contribution >= 0.6 is 0 Å². The van der Waals surface area contributed by atoms with Crippen molar-refractivity contribution in [1.29, 1.82) is 0 Å². The van der Waals surface area contributed by atoms with Crippen LogP contribution in [0.4, 0.5) is 0 Å². The molecule has 0 rings (SSSR count). The molecule has 0 bridgehead atoms. The summed E-state index contributed by atoms with van der Waals surface area (Å²) in [5, 5.41) is 27.8. The minimum Gasteiger partial charge on any atom is -0.481 e. The van der Waals surface area contributed by atoms with Crippen LogP contribution in [0, 0.1) is 10.1 Å². The second-order valence-electron chi connectivity index (χ2n) is 4.17. The third-order valence-electron chi connectivity index (χ3n) is 2.35. The van der Waals surface area contributed by atoms with Crippen molar-refractivity contribution in [2.24, 2.45) is 0 Å². The predicted molar refractivity (Wildman–Crippen MR) is 59.5 cm³/mol. The normalized spacial score (nSPS) is 13.7. The summed E-state index contributed by atoms with van der Waals surface area (Å²) in [4.78, 5) is 31.3. The second kappa shape index (κ2) is 7.59. The summed E-state index contributed by atoms with van der Waals surface area (Å²) >= 11 is 0. The van der Waals surface area contributed by atoms with E-state index in [2.05, 4.69) is 4.74 Å². The van der Waals surface area contributed by atoms with Gasteiger partial charge in [0, 0.05) is 24.7 Å². The van der Waals surface area contributed by atoms with E-state index in [1.54, 1.807) is 0 Å². The summed E-state index contributed by atoms with van der Waals surface area (Å²) in [7, 11) is 0. The number of ether oxygens (including phenoxy) is 1. The Morgan fingerprint density at radius 1 is 1.33 bits per heavy atom. The summed E-state index contributed by atoms with van der Waals surface area (Å²) in [6.45, 7) is -0.0642. The highest BCUT2D eigenvalue weighted by Crippen LogP contribution is 2.10. The van der Waals surface area contributed by atoms with Crippen molar-refractivity contribution in [1.82, 2.24) is 0 Å². The molecule has 1 unspecified atom stereocenters. The van der Waals surface area contributed by atoms with Crippen LogP contribution in [0.5, 0.6) is 0 Å². The quantitative estimate of drug-likeness (QED) is 0.263. The number of unbranched alkanes of at least 4 members (excludes halogenated alkanes) is 1. The molecule has 0 spiro atoms. The number of hydrogen-bond donors (Lipinski definition) is 2. The zero-order valence-electron chi connectivity index (χ0n) is 10.1. The Morgan fingerprint density at radius 2 is 1.89 bits per heavy atom. The standard InChI is InChI=1S/C10H17NO7/c1-10(6-12,11(16)17)7-18-9(15)5-3-2-4-8(13)14/h12H,2-7H2,1H3,(H,13,14). The summed E-state index contributed by atoms with van der Waals surface area (Å²) in [5.41, 5.74) is -1.70. The topological polar surface area (TPSA) is 127 Å². The largest absolute Gasteiger partial charge is 0.481 e. The number of carbonyl (C=O) groups excluding carboxylic acids is 1. The minimum atomic E-state index is -1.70. The highest BCUT2D eigenvalue weighted by Gasteiger charge is 2.38. The van der Waals surface area contributed by atoms with E-state index in [0.29, 0.717) is 12.8 Å². The lowest BCUT2D eigenvalue weighted by Crippen LogP contribution is -2.44. The van der Waals surface area contributed by atoms with Gasteiger partial charge in [-0.3, -0.25) is 19.7 Å².